The topological polar surface area (TPSA) is 27.7 Å². The van der Waals surface area contributed by atoms with E-state index >= 15 is 0 Å². The third-order valence-corrected chi connectivity index (χ3v) is 4.32. The van der Waals surface area contributed by atoms with Crippen LogP contribution in [0.2, 0.25) is 0 Å². The molecule has 96 valence electrons. The Kier molecular flexibility index (Phi) is 4.49. The standard InChI is InChI=1S/C13H13BrO3S/c1-15-10-4-3-5-11(16-2)13(10)17-8-12-9(14)6-7-18-12/h3-7H,8H2,1-2H3. The van der Waals surface area contributed by atoms with Crippen molar-refractivity contribution in [2.24, 2.45) is 0 Å². The average molecular weight is 329 g/mol. The predicted octanol–water partition coefficient (Wildman–Crippen LogP) is 4.11. The van der Waals surface area contributed by atoms with Crippen LogP contribution < -0.4 is 14.2 Å². The first-order valence-corrected chi connectivity index (χ1v) is 6.99. The first kappa shape index (κ1) is 13.2. The van der Waals surface area contributed by atoms with Crippen molar-refractivity contribution >= 4 is 27.3 Å². The molecule has 1 aromatic heterocycles. The zero-order valence-electron chi connectivity index (χ0n) is 10.1. The van der Waals surface area contributed by atoms with Gasteiger partial charge in [-0.05, 0) is 39.5 Å². The maximum atomic E-state index is 5.81. The van der Waals surface area contributed by atoms with E-state index in [1.54, 1.807) is 25.6 Å². The fourth-order valence-corrected chi connectivity index (χ4v) is 2.90. The van der Waals surface area contributed by atoms with Crippen molar-refractivity contribution in [3.05, 3.63) is 39.0 Å². The van der Waals surface area contributed by atoms with E-state index in [1.165, 1.54) is 0 Å². The number of hydrogen-bond donors (Lipinski definition) is 0. The monoisotopic (exact) mass is 328 g/mol. The second-order valence-electron chi connectivity index (χ2n) is 3.47. The minimum atomic E-state index is 0.481. The van der Waals surface area contributed by atoms with E-state index in [1.807, 2.05) is 29.6 Å². The van der Waals surface area contributed by atoms with Crippen LogP contribution in [0.1, 0.15) is 4.88 Å². The van der Waals surface area contributed by atoms with Crippen LogP contribution in [-0.2, 0) is 6.61 Å². The van der Waals surface area contributed by atoms with Gasteiger partial charge in [0.05, 0.1) is 19.1 Å². The largest absolute Gasteiger partial charge is 0.493 e. The maximum Gasteiger partial charge on any atom is 0.203 e. The minimum absolute atomic E-state index is 0.481. The van der Waals surface area contributed by atoms with Crippen LogP contribution in [0.4, 0.5) is 0 Å². The summed E-state index contributed by atoms with van der Waals surface area (Å²) in [6.07, 6.45) is 0. The number of para-hydroxylation sites is 1. The average Bonchev–Trinajstić information content (AvgIpc) is 2.81. The second kappa shape index (κ2) is 6.11. The van der Waals surface area contributed by atoms with Crippen LogP contribution in [-0.4, -0.2) is 14.2 Å². The Balaban J connectivity index is 2.20. The smallest absolute Gasteiger partial charge is 0.203 e. The molecule has 5 heteroatoms. The molecule has 1 heterocycles. The molecule has 0 radical (unpaired) electrons. The van der Waals surface area contributed by atoms with E-state index in [4.69, 9.17) is 14.2 Å². The van der Waals surface area contributed by atoms with Gasteiger partial charge in [-0.2, -0.15) is 0 Å². The van der Waals surface area contributed by atoms with Gasteiger partial charge in [0.2, 0.25) is 5.75 Å². The molecule has 2 aromatic rings. The minimum Gasteiger partial charge on any atom is -0.493 e. The molecule has 1 aromatic carbocycles. The molecule has 0 saturated carbocycles. The molecule has 0 atom stereocenters. The molecule has 0 fully saturated rings. The summed E-state index contributed by atoms with van der Waals surface area (Å²) in [5.74, 6) is 1.96. The van der Waals surface area contributed by atoms with Gasteiger partial charge in [0, 0.05) is 4.47 Å². The molecule has 0 unspecified atom stereocenters. The third kappa shape index (κ3) is 2.79. The van der Waals surface area contributed by atoms with Crippen molar-refractivity contribution < 1.29 is 14.2 Å². The van der Waals surface area contributed by atoms with E-state index in [0.29, 0.717) is 23.9 Å². The second-order valence-corrected chi connectivity index (χ2v) is 5.33. The lowest BCUT2D eigenvalue weighted by Crippen LogP contribution is -1.99. The van der Waals surface area contributed by atoms with Crippen molar-refractivity contribution in [2.45, 2.75) is 6.61 Å². The summed E-state index contributed by atoms with van der Waals surface area (Å²) in [6, 6.07) is 7.57. The molecule has 0 saturated heterocycles. The Bertz CT molecular complexity index is 502. The highest BCUT2D eigenvalue weighted by atomic mass is 79.9. The number of benzene rings is 1. The number of methoxy groups -OCH3 is 2. The van der Waals surface area contributed by atoms with E-state index in [0.717, 1.165) is 9.35 Å². The molecule has 0 aliphatic heterocycles. The Labute approximate surface area is 118 Å². The normalized spacial score (nSPS) is 10.2. The molecule has 0 bridgehead atoms. The molecule has 0 spiro atoms. The lowest BCUT2D eigenvalue weighted by molar-refractivity contribution is 0.268. The number of ether oxygens (including phenoxy) is 3. The fourth-order valence-electron chi connectivity index (χ4n) is 1.53. The lowest BCUT2D eigenvalue weighted by atomic mass is 10.3. The Morgan fingerprint density at radius 3 is 2.28 bits per heavy atom. The van der Waals surface area contributed by atoms with Gasteiger partial charge < -0.3 is 14.2 Å². The van der Waals surface area contributed by atoms with Crippen molar-refractivity contribution in [1.82, 2.24) is 0 Å². The first-order valence-electron chi connectivity index (χ1n) is 5.32. The van der Waals surface area contributed by atoms with Crippen LogP contribution in [0.3, 0.4) is 0 Å². The summed E-state index contributed by atoms with van der Waals surface area (Å²) in [4.78, 5) is 1.13. The zero-order chi connectivity index (χ0) is 13.0. The molecular formula is C13H13BrO3S. The van der Waals surface area contributed by atoms with E-state index in [-0.39, 0.29) is 0 Å². The predicted molar refractivity (Wildman–Crippen MR) is 75.9 cm³/mol. The highest BCUT2D eigenvalue weighted by Gasteiger charge is 2.12. The summed E-state index contributed by atoms with van der Waals surface area (Å²) < 4.78 is 17.4. The zero-order valence-corrected chi connectivity index (χ0v) is 12.5. The summed E-state index contributed by atoms with van der Waals surface area (Å²) in [7, 11) is 3.23. The molecule has 0 amide bonds. The highest BCUT2D eigenvalue weighted by molar-refractivity contribution is 9.10. The molecular weight excluding hydrogens is 316 g/mol. The maximum absolute atomic E-state index is 5.81. The summed E-state index contributed by atoms with van der Waals surface area (Å²) in [6.45, 7) is 0.481. The van der Waals surface area contributed by atoms with Gasteiger partial charge >= 0.3 is 0 Å². The van der Waals surface area contributed by atoms with Crippen LogP contribution in [0, 0.1) is 0 Å². The van der Waals surface area contributed by atoms with Crippen LogP contribution >= 0.6 is 27.3 Å². The first-order chi connectivity index (χ1) is 8.76. The van der Waals surface area contributed by atoms with Crippen molar-refractivity contribution in [3.8, 4) is 17.2 Å². The van der Waals surface area contributed by atoms with E-state index in [9.17, 15) is 0 Å². The van der Waals surface area contributed by atoms with Crippen molar-refractivity contribution in [1.29, 1.82) is 0 Å². The summed E-state index contributed by atoms with van der Waals surface area (Å²) >= 11 is 5.12. The molecule has 18 heavy (non-hydrogen) atoms. The van der Waals surface area contributed by atoms with Crippen molar-refractivity contribution in [3.63, 3.8) is 0 Å². The van der Waals surface area contributed by atoms with Gasteiger partial charge in [0.25, 0.3) is 0 Å². The summed E-state index contributed by atoms with van der Waals surface area (Å²) in [5.41, 5.74) is 0. The van der Waals surface area contributed by atoms with Gasteiger partial charge in [-0.3, -0.25) is 0 Å². The molecule has 3 nitrogen and oxygen atoms in total. The summed E-state index contributed by atoms with van der Waals surface area (Å²) in [5, 5.41) is 2.02. The van der Waals surface area contributed by atoms with E-state index in [2.05, 4.69) is 15.9 Å². The number of halogens is 1. The van der Waals surface area contributed by atoms with Gasteiger partial charge in [0.15, 0.2) is 11.5 Å². The third-order valence-electron chi connectivity index (χ3n) is 2.42. The molecule has 2 rings (SSSR count). The fraction of sp³-hybridized carbons (Fsp3) is 0.231. The number of hydrogen-bond acceptors (Lipinski definition) is 4. The molecule has 0 aliphatic rings. The van der Waals surface area contributed by atoms with Gasteiger partial charge in [-0.25, -0.2) is 0 Å². The SMILES string of the molecule is COc1cccc(OC)c1OCc1sccc1Br. The number of rotatable bonds is 5. The van der Waals surface area contributed by atoms with Gasteiger partial charge in [-0.15, -0.1) is 11.3 Å². The van der Waals surface area contributed by atoms with Crippen molar-refractivity contribution in [2.75, 3.05) is 14.2 Å². The van der Waals surface area contributed by atoms with E-state index < -0.39 is 0 Å². The highest BCUT2D eigenvalue weighted by Crippen LogP contribution is 2.38. The molecule has 0 aliphatic carbocycles. The Morgan fingerprint density at radius 2 is 1.78 bits per heavy atom. The van der Waals surface area contributed by atoms with Gasteiger partial charge in [-0.1, -0.05) is 6.07 Å². The van der Waals surface area contributed by atoms with Crippen LogP contribution in [0.5, 0.6) is 17.2 Å². The quantitative estimate of drug-likeness (QED) is 0.826. The Hall–Kier alpha value is -1.20. The van der Waals surface area contributed by atoms with Crippen LogP contribution in [0.15, 0.2) is 34.1 Å². The van der Waals surface area contributed by atoms with Crippen LogP contribution in [0.25, 0.3) is 0 Å². The Morgan fingerprint density at radius 1 is 1.11 bits per heavy atom. The van der Waals surface area contributed by atoms with Gasteiger partial charge in [0.1, 0.15) is 6.61 Å². The number of thiophene rings is 1. The lowest BCUT2D eigenvalue weighted by Gasteiger charge is -2.13. The molecule has 0 N–H and O–H groups in total.